The molecule has 7 heteroatoms. The molecule has 0 saturated carbocycles. The standard InChI is InChI=1S/C17H26ClN3O3/c1-12-11-19-15(20-14(12)18)23-10-8-13-7-5-6-9-21(13)16(22)24-17(2,3)4/h11,13H,5-10H2,1-4H3/t13-/m0/s1. The van der Waals surface area contributed by atoms with E-state index in [0.717, 1.165) is 31.4 Å². The lowest BCUT2D eigenvalue weighted by atomic mass is 10.0. The van der Waals surface area contributed by atoms with E-state index < -0.39 is 5.60 Å². The maximum absolute atomic E-state index is 12.4. The van der Waals surface area contributed by atoms with Gasteiger partial charge in [0.15, 0.2) is 0 Å². The van der Waals surface area contributed by atoms with Crippen molar-refractivity contribution in [2.75, 3.05) is 13.2 Å². The monoisotopic (exact) mass is 355 g/mol. The first kappa shape index (κ1) is 18.8. The van der Waals surface area contributed by atoms with E-state index in [1.54, 1.807) is 6.20 Å². The van der Waals surface area contributed by atoms with Crippen LogP contribution in [-0.2, 0) is 4.74 Å². The Morgan fingerprint density at radius 3 is 2.83 bits per heavy atom. The number of amides is 1. The number of likely N-dealkylation sites (tertiary alicyclic amines) is 1. The number of piperidine rings is 1. The molecule has 0 bridgehead atoms. The van der Waals surface area contributed by atoms with Crippen molar-refractivity contribution in [1.82, 2.24) is 14.9 Å². The summed E-state index contributed by atoms with van der Waals surface area (Å²) in [6, 6.07) is 0.389. The molecule has 0 N–H and O–H groups in total. The zero-order chi connectivity index (χ0) is 17.7. The van der Waals surface area contributed by atoms with Gasteiger partial charge in [-0.25, -0.2) is 9.78 Å². The second-order valence-corrected chi connectivity index (χ2v) is 7.44. The summed E-state index contributed by atoms with van der Waals surface area (Å²) >= 11 is 5.97. The van der Waals surface area contributed by atoms with Crippen LogP contribution in [0.25, 0.3) is 0 Å². The van der Waals surface area contributed by atoms with E-state index in [2.05, 4.69) is 9.97 Å². The van der Waals surface area contributed by atoms with Crippen molar-refractivity contribution in [3.8, 4) is 6.01 Å². The fraction of sp³-hybridized carbons (Fsp3) is 0.706. The third-order valence-electron chi connectivity index (χ3n) is 3.83. The molecule has 6 nitrogen and oxygen atoms in total. The Morgan fingerprint density at radius 1 is 1.42 bits per heavy atom. The summed E-state index contributed by atoms with van der Waals surface area (Å²) in [4.78, 5) is 22.4. The first-order chi connectivity index (χ1) is 11.3. The smallest absolute Gasteiger partial charge is 0.410 e. The minimum Gasteiger partial charge on any atom is -0.463 e. The second kappa shape index (κ2) is 8.01. The van der Waals surface area contributed by atoms with Crippen LogP contribution >= 0.6 is 11.6 Å². The lowest BCUT2D eigenvalue weighted by Crippen LogP contribution is -2.46. The number of aromatic nitrogens is 2. The Labute approximate surface area is 148 Å². The van der Waals surface area contributed by atoms with Gasteiger partial charge in [0.1, 0.15) is 10.8 Å². The predicted molar refractivity (Wildman–Crippen MR) is 92.5 cm³/mol. The number of carbonyl (C=O) groups is 1. The van der Waals surface area contributed by atoms with E-state index in [-0.39, 0.29) is 18.1 Å². The van der Waals surface area contributed by atoms with Crippen LogP contribution in [0.3, 0.4) is 0 Å². The van der Waals surface area contributed by atoms with Crippen LogP contribution in [0.15, 0.2) is 6.20 Å². The predicted octanol–water partition coefficient (Wildman–Crippen LogP) is 4.00. The summed E-state index contributed by atoms with van der Waals surface area (Å²) in [5.41, 5.74) is 0.328. The highest BCUT2D eigenvalue weighted by atomic mass is 35.5. The molecule has 134 valence electrons. The molecule has 2 heterocycles. The summed E-state index contributed by atoms with van der Waals surface area (Å²) in [5.74, 6) is 0. The fourth-order valence-corrected chi connectivity index (χ4v) is 2.74. The third-order valence-corrected chi connectivity index (χ3v) is 4.21. The lowest BCUT2D eigenvalue weighted by molar-refractivity contribution is 0.00732. The van der Waals surface area contributed by atoms with Crippen molar-refractivity contribution in [3.05, 3.63) is 16.9 Å². The fourth-order valence-electron chi connectivity index (χ4n) is 2.62. The van der Waals surface area contributed by atoms with Gasteiger partial charge < -0.3 is 14.4 Å². The van der Waals surface area contributed by atoms with E-state index in [9.17, 15) is 4.79 Å². The third kappa shape index (κ3) is 5.51. The zero-order valence-corrected chi connectivity index (χ0v) is 15.6. The van der Waals surface area contributed by atoms with Crippen molar-refractivity contribution in [2.45, 2.75) is 65.0 Å². The number of halogens is 1. The van der Waals surface area contributed by atoms with Crippen LogP contribution in [0.4, 0.5) is 4.79 Å². The molecular formula is C17H26ClN3O3. The van der Waals surface area contributed by atoms with Crippen LogP contribution in [0, 0.1) is 6.92 Å². The van der Waals surface area contributed by atoms with Gasteiger partial charge in [-0.15, -0.1) is 0 Å². The van der Waals surface area contributed by atoms with E-state index in [0.29, 0.717) is 18.2 Å². The van der Waals surface area contributed by atoms with Gasteiger partial charge in [-0.2, -0.15) is 4.98 Å². The van der Waals surface area contributed by atoms with E-state index >= 15 is 0 Å². The molecule has 0 radical (unpaired) electrons. The van der Waals surface area contributed by atoms with Crippen molar-refractivity contribution in [3.63, 3.8) is 0 Å². The molecule has 0 spiro atoms. The molecule has 0 aromatic carbocycles. The summed E-state index contributed by atoms with van der Waals surface area (Å²) < 4.78 is 11.1. The maximum Gasteiger partial charge on any atom is 0.410 e. The summed E-state index contributed by atoms with van der Waals surface area (Å²) in [6.45, 7) is 8.64. The number of carbonyl (C=O) groups excluding carboxylic acids is 1. The van der Waals surface area contributed by atoms with Gasteiger partial charge in [-0.05, 0) is 47.0 Å². The number of nitrogens with zero attached hydrogens (tertiary/aromatic N) is 3. The molecule has 1 amide bonds. The van der Waals surface area contributed by atoms with Crippen molar-refractivity contribution in [1.29, 1.82) is 0 Å². The summed E-state index contributed by atoms with van der Waals surface area (Å²) in [6.07, 6.45) is 5.18. The van der Waals surface area contributed by atoms with Gasteiger partial charge in [-0.1, -0.05) is 11.6 Å². The molecule has 0 aliphatic carbocycles. The number of rotatable bonds is 4. The van der Waals surface area contributed by atoms with Crippen LogP contribution in [-0.4, -0.2) is 45.8 Å². The molecule has 0 unspecified atom stereocenters. The molecular weight excluding hydrogens is 330 g/mol. The topological polar surface area (TPSA) is 64.5 Å². The van der Waals surface area contributed by atoms with Crippen molar-refractivity contribution in [2.24, 2.45) is 0 Å². The molecule has 1 atom stereocenters. The van der Waals surface area contributed by atoms with E-state index in [1.165, 1.54) is 0 Å². The van der Waals surface area contributed by atoms with Crippen LogP contribution in [0.1, 0.15) is 52.0 Å². The molecule has 1 fully saturated rings. The molecule has 1 aliphatic heterocycles. The highest BCUT2D eigenvalue weighted by molar-refractivity contribution is 6.30. The van der Waals surface area contributed by atoms with Gasteiger partial charge in [0.2, 0.25) is 0 Å². The van der Waals surface area contributed by atoms with Crippen molar-refractivity contribution >= 4 is 17.7 Å². The highest BCUT2D eigenvalue weighted by Gasteiger charge is 2.30. The van der Waals surface area contributed by atoms with Gasteiger partial charge >= 0.3 is 12.1 Å². The zero-order valence-electron chi connectivity index (χ0n) is 14.8. The number of hydrogen-bond acceptors (Lipinski definition) is 5. The number of hydrogen-bond donors (Lipinski definition) is 0. The number of aryl methyl sites for hydroxylation is 1. The molecule has 1 aromatic heterocycles. The lowest BCUT2D eigenvalue weighted by Gasteiger charge is -2.36. The first-order valence-corrected chi connectivity index (χ1v) is 8.75. The first-order valence-electron chi connectivity index (χ1n) is 8.38. The van der Waals surface area contributed by atoms with E-state index in [4.69, 9.17) is 21.1 Å². The quantitative estimate of drug-likeness (QED) is 0.764. The van der Waals surface area contributed by atoms with Gasteiger partial charge in [-0.3, -0.25) is 0 Å². The average Bonchev–Trinajstić information content (AvgIpc) is 2.49. The normalized spacial score (nSPS) is 18.4. The van der Waals surface area contributed by atoms with Crippen LogP contribution in [0.5, 0.6) is 6.01 Å². The van der Waals surface area contributed by atoms with Crippen LogP contribution in [0.2, 0.25) is 5.15 Å². The number of ether oxygens (including phenoxy) is 2. The molecule has 1 saturated heterocycles. The SMILES string of the molecule is Cc1cnc(OCC[C@@H]2CCCCN2C(=O)OC(C)(C)C)nc1Cl. The van der Waals surface area contributed by atoms with E-state index in [1.807, 2.05) is 32.6 Å². The second-order valence-electron chi connectivity index (χ2n) is 7.09. The summed E-state index contributed by atoms with van der Waals surface area (Å²) in [7, 11) is 0. The highest BCUT2D eigenvalue weighted by Crippen LogP contribution is 2.23. The molecule has 2 rings (SSSR count). The minimum atomic E-state index is -0.484. The Bertz CT molecular complexity index is 575. The molecule has 1 aliphatic rings. The maximum atomic E-state index is 12.4. The Kier molecular flexibility index (Phi) is 6.27. The van der Waals surface area contributed by atoms with Gasteiger partial charge in [0, 0.05) is 30.8 Å². The average molecular weight is 356 g/mol. The Balaban J connectivity index is 1.88. The van der Waals surface area contributed by atoms with Crippen molar-refractivity contribution < 1.29 is 14.3 Å². The Morgan fingerprint density at radius 2 is 2.17 bits per heavy atom. The molecule has 1 aromatic rings. The largest absolute Gasteiger partial charge is 0.463 e. The minimum absolute atomic E-state index is 0.120. The Hall–Kier alpha value is -1.56. The van der Waals surface area contributed by atoms with Gasteiger partial charge in [0.25, 0.3) is 0 Å². The summed E-state index contributed by atoms with van der Waals surface area (Å²) in [5, 5.41) is 0.396. The van der Waals surface area contributed by atoms with Crippen LogP contribution < -0.4 is 4.74 Å². The van der Waals surface area contributed by atoms with Gasteiger partial charge in [0.05, 0.1) is 6.61 Å². The molecule has 24 heavy (non-hydrogen) atoms.